The van der Waals surface area contributed by atoms with Crippen molar-refractivity contribution in [3.63, 3.8) is 0 Å². The topological polar surface area (TPSA) is 96.0 Å². The van der Waals surface area contributed by atoms with Crippen LogP contribution in [-0.4, -0.2) is 50.1 Å². The monoisotopic (exact) mass is 543 g/mol. The van der Waals surface area contributed by atoms with Gasteiger partial charge in [-0.2, -0.15) is 0 Å². The summed E-state index contributed by atoms with van der Waals surface area (Å²) in [5.41, 5.74) is 0.208. The van der Waals surface area contributed by atoms with Gasteiger partial charge in [-0.25, -0.2) is 22.4 Å². The lowest BCUT2D eigenvalue weighted by molar-refractivity contribution is 0.0203. The van der Waals surface area contributed by atoms with Gasteiger partial charge in [-0.3, -0.25) is 4.79 Å². The van der Waals surface area contributed by atoms with E-state index in [1.54, 1.807) is 74.2 Å². The van der Waals surface area contributed by atoms with Crippen molar-refractivity contribution in [2.45, 2.75) is 50.2 Å². The second kappa shape index (κ2) is 10.7. The fourth-order valence-corrected chi connectivity index (χ4v) is 5.98. The summed E-state index contributed by atoms with van der Waals surface area (Å²) in [5.74, 6) is -0.463. The van der Waals surface area contributed by atoms with Gasteiger partial charge in [0.15, 0.2) is 0 Å². The number of sulfonamides is 1. The third kappa shape index (κ3) is 6.23. The van der Waals surface area contributed by atoms with E-state index >= 15 is 0 Å². The van der Waals surface area contributed by atoms with Crippen LogP contribution in [0.25, 0.3) is 10.8 Å². The lowest BCUT2D eigenvalue weighted by Gasteiger charge is -2.33. The highest BCUT2D eigenvalue weighted by Crippen LogP contribution is 2.30. The highest BCUT2D eigenvalue weighted by Gasteiger charge is 2.30. The molecule has 8 nitrogen and oxygen atoms in total. The summed E-state index contributed by atoms with van der Waals surface area (Å²) in [4.78, 5) is 27.2. The van der Waals surface area contributed by atoms with Crippen LogP contribution in [0.15, 0.2) is 71.6 Å². The average Bonchev–Trinajstić information content (AvgIpc) is 2.87. The molecule has 10 heteroatoms. The number of rotatable bonds is 5. The number of nitrogens with zero attached hydrogens (tertiary/aromatic N) is 2. The first-order valence-electron chi connectivity index (χ1n) is 12.0. The summed E-state index contributed by atoms with van der Waals surface area (Å²) >= 11 is 6.34. The molecule has 1 heterocycles. The Kier molecular flexibility index (Phi) is 7.77. The van der Waals surface area contributed by atoms with Gasteiger partial charge in [-0.1, -0.05) is 42.5 Å². The zero-order chi connectivity index (χ0) is 26.8. The molecule has 3 aromatic rings. The van der Waals surface area contributed by atoms with Crippen LogP contribution >= 0.6 is 11.8 Å². The lowest BCUT2D eigenvalue weighted by Crippen LogP contribution is -2.47. The fraction of sp³-hybridized carbons (Fsp3) is 0.333. The molecule has 0 saturated carbocycles. The zero-order valence-electron chi connectivity index (χ0n) is 21.0. The molecular weight excluding hydrogens is 514 g/mol. The van der Waals surface area contributed by atoms with Crippen molar-refractivity contribution in [2.24, 2.45) is 0 Å². The van der Waals surface area contributed by atoms with E-state index in [0.717, 1.165) is 4.42 Å². The maximum atomic E-state index is 13.4. The molecular formula is C27H30ClN3O5S. The van der Waals surface area contributed by atoms with E-state index in [9.17, 15) is 18.0 Å². The van der Waals surface area contributed by atoms with Crippen LogP contribution in [0.1, 0.15) is 44.0 Å². The molecule has 37 heavy (non-hydrogen) atoms. The Balaban J connectivity index is 1.53. The van der Waals surface area contributed by atoms with E-state index in [4.69, 9.17) is 16.5 Å². The van der Waals surface area contributed by atoms with Crippen LogP contribution in [-0.2, 0) is 14.8 Å². The Bertz CT molecular complexity index is 1400. The summed E-state index contributed by atoms with van der Waals surface area (Å²) in [6.45, 7) is 6.20. The molecule has 0 aromatic heterocycles. The number of amides is 2. The normalized spacial score (nSPS) is 15.0. The maximum Gasteiger partial charge on any atom is 0.410 e. The molecule has 196 valence electrons. The number of carbonyl (C=O) groups excluding carboxylic acids is 2. The molecule has 0 atom stereocenters. The number of benzene rings is 3. The first kappa shape index (κ1) is 26.9. The molecule has 2 amide bonds. The first-order valence-corrected chi connectivity index (χ1v) is 13.9. The molecule has 0 bridgehead atoms. The Morgan fingerprint density at radius 3 is 2.16 bits per heavy atom. The second-order valence-corrected chi connectivity index (χ2v) is 12.0. The minimum atomic E-state index is -3.91. The van der Waals surface area contributed by atoms with Gasteiger partial charge in [0.05, 0.1) is 10.6 Å². The summed E-state index contributed by atoms with van der Waals surface area (Å²) in [6.07, 6.45) is 0.528. The van der Waals surface area contributed by atoms with E-state index in [2.05, 4.69) is 4.72 Å². The van der Waals surface area contributed by atoms with Crippen LogP contribution < -0.4 is 9.14 Å². The molecule has 3 aromatic carbocycles. The van der Waals surface area contributed by atoms with E-state index in [-0.39, 0.29) is 10.9 Å². The van der Waals surface area contributed by atoms with Crippen molar-refractivity contribution in [1.29, 1.82) is 0 Å². The van der Waals surface area contributed by atoms with Gasteiger partial charge in [-0.15, -0.1) is 0 Å². The third-order valence-corrected chi connectivity index (χ3v) is 7.96. The Labute approximate surface area is 222 Å². The van der Waals surface area contributed by atoms with Gasteiger partial charge in [-0.05, 0) is 63.3 Å². The minimum absolute atomic E-state index is 0.0788. The standard InChI is InChI=1S/C27H30ClN3O5S/c1-27(2,3)36-26(33)30-17-15-19(16-18-30)29-37(34,35)24-14-13-23(21-11-7-8-12-22(21)24)25(32)31(28)20-9-5-4-6-10-20/h4-14,19,29H,15-18H2,1-3H3. The molecule has 0 aliphatic carbocycles. The number of anilines is 1. The lowest BCUT2D eigenvalue weighted by atomic mass is 10.0. The summed E-state index contributed by atoms with van der Waals surface area (Å²) in [7, 11) is -3.91. The second-order valence-electron chi connectivity index (χ2n) is 9.94. The third-order valence-electron chi connectivity index (χ3n) is 6.03. The molecule has 1 N–H and O–H groups in total. The van der Waals surface area contributed by atoms with Crippen LogP contribution in [0.2, 0.25) is 0 Å². The molecule has 4 rings (SSSR count). The average molecular weight is 544 g/mol. The summed E-state index contributed by atoms with van der Waals surface area (Å²) in [5, 5.41) is 0.905. The number of hydrogen-bond acceptors (Lipinski definition) is 5. The van der Waals surface area contributed by atoms with Gasteiger partial charge in [0.1, 0.15) is 5.60 Å². The number of fused-ring (bicyclic) bond motifs is 1. The van der Waals surface area contributed by atoms with Crippen molar-refractivity contribution in [3.8, 4) is 0 Å². The molecule has 0 unspecified atom stereocenters. The summed E-state index contributed by atoms with van der Waals surface area (Å²) < 4.78 is 36.0. The summed E-state index contributed by atoms with van der Waals surface area (Å²) in [6, 6.07) is 18.2. The quantitative estimate of drug-likeness (QED) is 0.439. The van der Waals surface area contributed by atoms with Crippen LogP contribution in [0.4, 0.5) is 10.5 Å². The fourth-order valence-electron chi connectivity index (χ4n) is 4.26. The van der Waals surface area contributed by atoms with Crippen molar-refractivity contribution < 1.29 is 22.7 Å². The number of piperidine rings is 1. The van der Waals surface area contributed by atoms with Crippen molar-refractivity contribution >= 4 is 50.3 Å². The molecule has 1 saturated heterocycles. The van der Waals surface area contributed by atoms with E-state index < -0.39 is 27.6 Å². The first-order chi connectivity index (χ1) is 17.5. The number of nitrogens with one attached hydrogen (secondary N) is 1. The van der Waals surface area contributed by atoms with Gasteiger partial charge in [0.2, 0.25) is 10.0 Å². The van der Waals surface area contributed by atoms with Crippen molar-refractivity contribution in [1.82, 2.24) is 9.62 Å². The van der Waals surface area contributed by atoms with Gasteiger partial charge < -0.3 is 9.64 Å². The SMILES string of the molecule is CC(C)(C)OC(=O)N1CCC(NS(=O)(=O)c2ccc(C(=O)N(Cl)c3ccccc3)c3ccccc23)CC1. The maximum absolute atomic E-state index is 13.4. The highest BCUT2D eigenvalue weighted by molar-refractivity contribution is 7.89. The van der Waals surface area contributed by atoms with Crippen molar-refractivity contribution in [2.75, 3.05) is 17.5 Å². The minimum Gasteiger partial charge on any atom is -0.444 e. The van der Waals surface area contributed by atoms with Crippen LogP contribution in [0.5, 0.6) is 0 Å². The molecule has 0 spiro atoms. The number of halogens is 1. The predicted octanol–water partition coefficient (Wildman–Crippen LogP) is 5.32. The van der Waals surface area contributed by atoms with E-state index in [1.165, 1.54) is 12.1 Å². The Hall–Kier alpha value is -3.14. The van der Waals surface area contributed by atoms with Gasteiger partial charge >= 0.3 is 6.09 Å². The van der Waals surface area contributed by atoms with Crippen LogP contribution in [0, 0.1) is 0 Å². The zero-order valence-corrected chi connectivity index (χ0v) is 22.6. The van der Waals surface area contributed by atoms with E-state index in [1.807, 2.05) is 6.07 Å². The number of carbonyl (C=O) groups is 2. The van der Waals surface area contributed by atoms with Crippen molar-refractivity contribution in [3.05, 3.63) is 72.3 Å². The molecule has 1 fully saturated rings. The predicted molar refractivity (Wildman–Crippen MR) is 144 cm³/mol. The molecule has 1 aliphatic heterocycles. The molecule has 0 radical (unpaired) electrons. The smallest absolute Gasteiger partial charge is 0.410 e. The van der Waals surface area contributed by atoms with Crippen LogP contribution in [0.3, 0.4) is 0 Å². The number of para-hydroxylation sites is 1. The highest BCUT2D eigenvalue weighted by atomic mass is 35.5. The Morgan fingerprint density at radius 2 is 1.54 bits per heavy atom. The molecule has 1 aliphatic rings. The van der Waals surface area contributed by atoms with Gasteiger partial charge in [0, 0.05) is 41.9 Å². The van der Waals surface area contributed by atoms with E-state index in [0.29, 0.717) is 48.0 Å². The number of ether oxygens (including phenoxy) is 1. The Morgan fingerprint density at radius 1 is 0.946 bits per heavy atom. The number of hydrogen-bond donors (Lipinski definition) is 1. The largest absolute Gasteiger partial charge is 0.444 e. The van der Waals surface area contributed by atoms with Gasteiger partial charge in [0.25, 0.3) is 5.91 Å². The number of likely N-dealkylation sites (tertiary alicyclic amines) is 1.